The molecule has 0 radical (unpaired) electrons. The van der Waals surface area contributed by atoms with Crippen molar-refractivity contribution in [1.29, 1.82) is 0 Å². The average molecular weight is 336 g/mol. The summed E-state index contributed by atoms with van der Waals surface area (Å²) in [5.74, 6) is -0.367. The van der Waals surface area contributed by atoms with Crippen molar-refractivity contribution < 1.29 is 9.53 Å². The summed E-state index contributed by atoms with van der Waals surface area (Å²) in [5.41, 5.74) is 3.02. The molecule has 3 aromatic heterocycles. The van der Waals surface area contributed by atoms with Crippen LogP contribution in [0.3, 0.4) is 0 Å². The van der Waals surface area contributed by atoms with Crippen LogP contribution < -0.4 is 5.69 Å². The minimum Gasteiger partial charge on any atom is -0.461 e. The molecule has 0 aliphatic carbocycles. The number of aromatic amines is 1. The summed E-state index contributed by atoms with van der Waals surface area (Å²) in [6.07, 6.45) is 1.64. The number of nitrogens with zero attached hydrogens (tertiary/aromatic N) is 3. The van der Waals surface area contributed by atoms with Crippen molar-refractivity contribution >= 4 is 28.0 Å². The number of rotatable bonds is 3. The summed E-state index contributed by atoms with van der Waals surface area (Å²) in [4.78, 5) is 31.5. The minimum absolute atomic E-state index is 0.255. The number of benzene rings is 1. The third-order valence-corrected chi connectivity index (χ3v) is 4.21. The smallest absolute Gasteiger partial charge is 0.354 e. The van der Waals surface area contributed by atoms with Gasteiger partial charge in [0.1, 0.15) is 5.69 Å². The van der Waals surface area contributed by atoms with Crippen molar-refractivity contribution in [2.24, 2.45) is 7.05 Å². The highest BCUT2D eigenvalue weighted by Crippen LogP contribution is 2.23. The molecule has 1 aromatic carbocycles. The number of nitrogens with one attached hydrogen (secondary N) is 1. The number of esters is 1. The van der Waals surface area contributed by atoms with Crippen molar-refractivity contribution in [1.82, 2.24) is 19.1 Å². The van der Waals surface area contributed by atoms with Gasteiger partial charge in [-0.05, 0) is 43.3 Å². The molecule has 0 aliphatic heterocycles. The molecule has 25 heavy (non-hydrogen) atoms. The predicted molar refractivity (Wildman–Crippen MR) is 94.1 cm³/mol. The first-order chi connectivity index (χ1) is 12.1. The van der Waals surface area contributed by atoms with E-state index in [2.05, 4.69) is 9.97 Å². The Balaban J connectivity index is 1.91. The molecular formula is C18H16N4O3. The lowest BCUT2D eigenvalue weighted by Gasteiger charge is -2.05. The van der Waals surface area contributed by atoms with E-state index >= 15 is 0 Å². The van der Waals surface area contributed by atoms with E-state index in [0.717, 1.165) is 10.9 Å². The Morgan fingerprint density at radius 1 is 1.28 bits per heavy atom. The minimum atomic E-state index is -0.367. The second-order valence-electron chi connectivity index (χ2n) is 5.69. The monoisotopic (exact) mass is 336 g/mol. The summed E-state index contributed by atoms with van der Waals surface area (Å²) in [6.45, 7) is 2.09. The molecule has 7 heteroatoms. The summed E-state index contributed by atoms with van der Waals surface area (Å²) >= 11 is 0. The molecule has 1 N–H and O–H groups in total. The molecule has 7 nitrogen and oxygen atoms in total. The van der Waals surface area contributed by atoms with Crippen LogP contribution in [0.15, 0.2) is 47.4 Å². The molecule has 0 amide bonds. The summed E-state index contributed by atoms with van der Waals surface area (Å²) in [7, 11) is 1.81. The van der Waals surface area contributed by atoms with Gasteiger partial charge in [-0.25, -0.2) is 19.1 Å². The Hall–Kier alpha value is -3.35. The first kappa shape index (κ1) is 15.2. The maximum Gasteiger partial charge on any atom is 0.354 e. The van der Waals surface area contributed by atoms with E-state index in [1.807, 2.05) is 25.2 Å². The van der Waals surface area contributed by atoms with Crippen LogP contribution in [0.5, 0.6) is 0 Å². The normalized spacial score (nSPS) is 11.3. The van der Waals surface area contributed by atoms with Gasteiger partial charge in [0.25, 0.3) is 0 Å². The zero-order valence-corrected chi connectivity index (χ0v) is 13.8. The Kier molecular flexibility index (Phi) is 3.42. The zero-order chi connectivity index (χ0) is 17.6. The SMILES string of the molecule is CCOC(=O)c1cc2cc(-n3c(=O)[nH]c4cccnc43)ccc2n1C. The molecule has 0 saturated heterocycles. The van der Waals surface area contributed by atoms with Gasteiger partial charge in [-0.3, -0.25) is 0 Å². The Morgan fingerprint density at radius 2 is 2.12 bits per heavy atom. The molecule has 0 fully saturated rings. The molecule has 0 atom stereocenters. The molecule has 4 rings (SSSR count). The number of hydrogen-bond acceptors (Lipinski definition) is 4. The lowest BCUT2D eigenvalue weighted by Crippen LogP contribution is -2.14. The van der Waals surface area contributed by atoms with Gasteiger partial charge in [-0.1, -0.05) is 0 Å². The Bertz CT molecular complexity index is 1170. The number of H-pyrrole nitrogens is 1. The highest BCUT2D eigenvalue weighted by molar-refractivity contribution is 5.96. The van der Waals surface area contributed by atoms with Gasteiger partial charge in [0.2, 0.25) is 0 Å². The largest absolute Gasteiger partial charge is 0.461 e. The molecule has 126 valence electrons. The number of aryl methyl sites for hydroxylation is 1. The van der Waals surface area contributed by atoms with Gasteiger partial charge in [-0.2, -0.15) is 0 Å². The van der Waals surface area contributed by atoms with Gasteiger partial charge < -0.3 is 14.3 Å². The molecular weight excluding hydrogens is 320 g/mol. The third kappa shape index (κ3) is 2.32. The Labute approximate surface area is 142 Å². The zero-order valence-electron chi connectivity index (χ0n) is 13.8. The average Bonchev–Trinajstić information content (AvgIpc) is 3.11. The van der Waals surface area contributed by atoms with Crippen LogP contribution >= 0.6 is 0 Å². The van der Waals surface area contributed by atoms with E-state index in [4.69, 9.17) is 4.74 Å². The van der Waals surface area contributed by atoms with E-state index in [1.165, 1.54) is 4.57 Å². The molecule has 0 aliphatic rings. The number of hydrogen-bond donors (Lipinski definition) is 1. The quantitative estimate of drug-likeness (QED) is 0.582. The van der Waals surface area contributed by atoms with Crippen LogP contribution in [-0.4, -0.2) is 31.7 Å². The van der Waals surface area contributed by atoms with E-state index in [-0.39, 0.29) is 11.7 Å². The number of carbonyl (C=O) groups is 1. The van der Waals surface area contributed by atoms with Gasteiger partial charge >= 0.3 is 11.7 Å². The number of imidazole rings is 1. The van der Waals surface area contributed by atoms with Crippen LogP contribution in [-0.2, 0) is 11.8 Å². The summed E-state index contributed by atoms with van der Waals surface area (Å²) in [5, 5.41) is 0.847. The second kappa shape index (κ2) is 5.62. The first-order valence-corrected chi connectivity index (χ1v) is 7.93. The van der Waals surface area contributed by atoms with Crippen molar-refractivity contribution in [2.45, 2.75) is 6.92 Å². The van der Waals surface area contributed by atoms with Crippen molar-refractivity contribution in [2.75, 3.05) is 6.61 Å². The number of pyridine rings is 1. The molecule has 0 bridgehead atoms. The third-order valence-electron chi connectivity index (χ3n) is 4.21. The maximum absolute atomic E-state index is 12.3. The number of aromatic nitrogens is 4. The fourth-order valence-corrected chi connectivity index (χ4v) is 3.06. The number of carbonyl (C=O) groups excluding carboxylic acids is 1. The first-order valence-electron chi connectivity index (χ1n) is 7.93. The van der Waals surface area contributed by atoms with Gasteiger partial charge in [-0.15, -0.1) is 0 Å². The summed E-state index contributed by atoms with van der Waals surface area (Å²) in [6, 6.07) is 10.9. The van der Waals surface area contributed by atoms with Crippen LogP contribution in [0.2, 0.25) is 0 Å². The van der Waals surface area contributed by atoms with E-state index in [9.17, 15) is 9.59 Å². The molecule has 0 spiro atoms. The fourth-order valence-electron chi connectivity index (χ4n) is 3.06. The van der Waals surface area contributed by atoms with Crippen LogP contribution in [0.1, 0.15) is 17.4 Å². The van der Waals surface area contributed by atoms with Crippen LogP contribution in [0.25, 0.3) is 27.8 Å². The lowest BCUT2D eigenvalue weighted by atomic mass is 10.2. The van der Waals surface area contributed by atoms with Crippen molar-refractivity contribution in [3.05, 3.63) is 58.8 Å². The topological polar surface area (TPSA) is 81.9 Å². The predicted octanol–water partition coefficient (Wildman–Crippen LogP) is 2.38. The second-order valence-corrected chi connectivity index (χ2v) is 5.69. The van der Waals surface area contributed by atoms with E-state index < -0.39 is 0 Å². The van der Waals surface area contributed by atoms with Crippen LogP contribution in [0, 0.1) is 0 Å². The van der Waals surface area contributed by atoms with Crippen molar-refractivity contribution in [3.63, 3.8) is 0 Å². The maximum atomic E-state index is 12.3. The fraction of sp³-hybridized carbons (Fsp3) is 0.167. The number of fused-ring (bicyclic) bond motifs is 2. The number of ether oxygens (including phenoxy) is 1. The van der Waals surface area contributed by atoms with Crippen LogP contribution in [0.4, 0.5) is 0 Å². The van der Waals surface area contributed by atoms with Gasteiger partial charge in [0, 0.05) is 24.1 Å². The molecule has 4 aromatic rings. The van der Waals surface area contributed by atoms with E-state index in [0.29, 0.717) is 29.2 Å². The van der Waals surface area contributed by atoms with Gasteiger partial charge in [0.15, 0.2) is 5.65 Å². The van der Waals surface area contributed by atoms with E-state index in [1.54, 1.807) is 35.9 Å². The summed E-state index contributed by atoms with van der Waals surface area (Å²) < 4.78 is 8.39. The standard InChI is InChI=1S/C18H16N4O3/c1-3-25-17(23)15-10-11-9-12(6-7-14(11)21(15)2)22-16-13(20-18(22)24)5-4-8-19-16/h4-10H,3H2,1-2H3,(H,20,24). The highest BCUT2D eigenvalue weighted by atomic mass is 16.5. The molecule has 3 heterocycles. The lowest BCUT2D eigenvalue weighted by molar-refractivity contribution is 0.0516. The van der Waals surface area contributed by atoms with Crippen molar-refractivity contribution in [3.8, 4) is 5.69 Å². The molecule has 0 saturated carbocycles. The van der Waals surface area contributed by atoms with Gasteiger partial charge in [0.05, 0.1) is 17.8 Å². The Morgan fingerprint density at radius 3 is 2.92 bits per heavy atom. The highest BCUT2D eigenvalue weighted by Gasteiger charge is 2.16. The molecule has 0 unspecified atom stereocenters.